The molecule has 0 aromatic heterocycles. The van der Waals surface area contributed by atoms with E-state index in [1.54, 1.807) is 12.1 Å². The van der Waals surface area contributed by atoms with Crippen molar-refractivity contribution < 1.29 is 28.6 Å². The molecular formula is C17H18N2O6S. The minimum absolute atomic E-state index is 0.0256. The molecule has 8 nitrogen and oxygen atoms in total. The van der Waals surface area contributed by atoms with E-state index < -0.39 is 15.9 Å². The Morgan fingerprint density at radius 3 is 2.54 bits per heavy atom. The summed E-state index contributed by atoms with van der Waals surface area (Å²) in [7, 11) is -3.76. The van der Waals surface area contributed by atoms with Crippen molar-refractivity contribution in [3.8, 4) is 11.5 Å². The van der Waals surface area contributed by atoms with Gasteiger partial charge in [0.15, 0.2) is 11.5 Å². The van der Waals surface area contributed by atoms with Gasteiger partial charge in [0.2, 0.25) is 10.0 Å². The van der Waals surface area contributed by atoms with E-state index in [-0.39, 0.29) is 22.9 Å². The molecule has 0 aliphatic heterocycles. The Morgan fingerprint density at radius 1 is 1.08 bits per heavy atom. The maximum absolute atomic E-state index is 12.3. The quantitative estimate of drug-likeness (QED) is 0.212. The Hall–Kier alpha value is -2.88. The van der Waals surface area contributed by atoms with Crippen molar-refractivity contribution in [3.05, 3.63) is 59.7 Å². The summed E-state index contributed by atoms with van der Waals surface area (Å²) in [6, 6.07) is 10.2. The number of phenolic OH excluding ortho intramolecular Hbond substituents is 2. The topological polar surface area (TPSA) is 136 Å². The van der Waals surface area contributed by atoms with Gasteiger partial charge < -0.3 is 10.2 Å². The second kappa shape index (κ2) is 8.48. The zero-order valence-electron chi connectivity index (χ0n) is 13.6. The van der Waals surface area contributed by atoms with E-state index >= 15 is 0 Å². The summed E-state index contributed by atoms with van der Waals surface area (Å²) in [5, 5.41) is 27.1. The first-order valence-electron chi connectivity index (χ1n) is 7.54. The number of nitrogens with one attached hydrogen (secondary N) is 2. The Balaban J connectivity index is 2.04. The van der Waals surface area contributed by atoms with Crippen LogP contribution in [0.4, 0.5) is 0 Å². The number of aromatic hydroxyl groups is 2. The zero-order chi connectivity index (χ0) is 19.2. The highest BCUT2D eigenvalue weighted by Crippen LogP contribution is 2.24. The van der Waals surface area contributed by atoms with Crippen molar-refractivity contribution in [2.75, 3.05) is 6.54 Å². The molecule has 0 atom stereocenters. The molecule has 0 spiro atoms. The molecule has 2 rings (SSSR count). The molecule has 0 bridgehead atoms. The van der Waals surface area contributed by atoms with E-state index in [0.717, 1.165) is 6.08 Å². The van der Waals surface area contributed by atoms with Gasteiger partial charge in [0.05, 0.1) is 4.90 Å². The summed E-state index contributed by atoms with van der Waals surface area (Å²) in [6.45, 7) is 0.0968. The van der Waals surface area contributed by atoms with Gasteiger partial charge in [-0.15, -0.1) is 0 Å². The maximum Gasteiger partial charge on any atom is 0.267 e. The predicted octanol–water partition coefficient (Wildman–Crippen LogP) is 1.14. The minimum Gasteiger partial charge on any atom is -0.504 e. The lowest BCUT2D eigenvalue weighted by molar-refractivity contribution is -0.124. The highest BCUT2D eigenvalue weighted by Gasteiger charge is 2.13. The number of phenols is 2. The van der Waals surface area contributed by atoms with E-state index in [1.165, 1.54) is 41.9 Å². The molecule has 0 heterocycles. The van der Waals surface area contributed by atoms with Crippen LogP contribution >= 0.6 is 0 Å². The summed E-state index contributed by atoms with van der Waals surface area (Å²) >= 11 is 0. The van der Waals surface area contributed by atoms with E-state index in [0.29, 0.717) is 17.5 Å². The molecule has 2 aromatic rings. The number of hydrogen-bond acceptors (Lipinski definition) is 6. The average molecular weight is 378 g/mol. The van der Waals surface area contributed by atoms with Gasteiger partial charge in [0.25, 0.3) is 5.91 Å². The van der Waals surface area contributed by atoms with Gasteiger partial charge in [-0.3, -0.25) is 10.0 Å². The van der Waals surface area contributed by atoms with Crippen LogP contribution in [0.2, 0.25) is 0 Å². The van der Waals surface area contributed by atoms with Crippen LogP contribution in [0.25, 0.3) is 6.08 Å². The number of hydrogen-bond donors (Lipinski definition) is 5. The zero-order valence-corrected chi connectivity index (χ0v) is 14.4. The molecule has 9 heteroatoms. The molecule has 1 amide bonds. The second-order valence-corrected chi connectivity index (χ2v) is 7.12. The average Bonchev–Trinajstić information content (AvgIpc) is 2.62. The smallest absolute Gasteiger partial charge is 0.267 e. The number of amides is 1. The number of carbonyl (C=O) groups is 1. The van der Waals surface area contributed by atoms with Crippen LogP contribution in [0.5, 0.6) is 11.5 Å². The second-order valence-electron chi connectivity index (χ2n) is 5.35. The standard InChI is InChI=1S/C17H18N2O6S/c20-15-6-4-13(11-16(15)21)8-9-18-26(24,25)14-3-1-2-12(10-14)5-7-17(22)19-23/h1-7,10-11,18,20-21,23H,8-9H2,(H,19,22)/b7-5+. The van der Waals surface area contributed by atoms with Gasteiger partial charge in [-0.05, 0) is 47.9 Å². The largest absolute Gasteiger partial charge is 0.504 e. The van der Waals surface area contributed by atoms with E-state index in [1.807, 2.05) is 0 Å². The van der Waals surface area contributed by atoms with Crippen LogP contribution in [0.3, 0.4) is 0 Å². The fourth-order valence-corrected chi connectivity index (χ4v) is 3.22. The summed E-state index contributed by atoms with van der Waals surface area (Å²) in [6.07, 6.45) is 2.75. The van der Waals surface area contributed by atoms with E-state index in [4.69, 9.17) is 5.21 Å². The van der Waals surface area contributed by atoms with E-state index in [9.17, 15) is 23.4 Å². The van der Waals surface area contributed by atoms with Crippen molar-refractivity contribution in [1.82, 2.24) is 10.2 Å². The van der Waals surface area contributed by atoms with Crippen LogP contribution in [-0.4, -0.2) is 36.3 Å². The first-order chi connectivity index (χ1) is 12.3. The number of rotatable bonds is 7. The normalized spacial score (nSPS) is 11.6. The predicted molar refractivity (Wildman–Crippen MR) is 94.1 cm³/mol. The van der Waals surface area contributed by atoms with Crippen molar-refractivity contribution in [3.63, 3.8) is 0 Å². The molecule has 0 unspecified atom stereocenters. The van der Waals surface area contributed by atoms with Gasteiger partial charge in [-0.2, -0.15) is 0 Å². The third-order valence-electron chi connectivity index (χ3n) is 3.45. The van der Waals surface area contributed by atoms with Gasteiger partial charge in [-0.1, -0.05) is 18.2 Å². The molecule has 0 aliphatic rings. The van der Waals surface area contributed by atoms with Crippen LogP contribution in [0, 0.1) is 0 Å². The number of sulfonamides is 1. The lowest BCUT2D eigenvalue weighted by Crippen LogP contribution is -2.26. The fraction of sp³-hybridized carbons (Fsp3) is 0.118. The molecule has 0 aliphatic carbocycles. The third-order valence-corrected chi connectivity index (χ3v) is 4.91. The summed E-state index contributed by atoms with van der Waals surface area (Å²) < 4.78 is 27.1. The summed E-state index contributed by atoms with van der Waals surface area (Å²) in [5.41, 5.74) is 2.58. The lowest BCUT2D eigenvalue weighted by Gasteiger charge is -2.08. The molecule has 0 fully saturated rings. The lowest BCUT2D eigenvalue weighted by atomic mass is 10.1. The molecule has 0 radical (unpaired) electrons. The van der Waals surface area contributed by atoms with Crippen LogP contribution in [0.1, 0.15) is 11.1 Å². The summed E-state index contributed by atoms with van der Waals surface area (Å²) in [4.78, 5) is 11.0. The van der Waals surface area contributed by atoms with Crippen LogP contribution in [-0.2, 0) is 21.2 Å². The van der Waals surface area contributed by atoms with Gasteiger partial charge in [0.1, 0.15) is 0 Å². The van der Waals surface area contributed by atoms with Crippen molar-refractivity contribution in [2.24, 2.45) is 0 Å². The SMILES string of the molecule is O=C(/C=C/c1cccc(S(=O)(=O)NCCc2ccc(O)c(O)c2)c1)NO. The highest BCUT2D eigenvalue weighted by molar-refractivity contribution is 7.89. The number of benzene rings is 2. The van der Waals surface area contributed by atoms with Crippen molar-refractivity contribution in [1.29, 1.82) is 0 Å². The Morgan fingerprint density at radius 2 is 1.85 bits per heavy atom. The molecule has 2 aromatic carbocycles. The third kappa shape index (κ3) is 5.31. The molecule has 138 valence electrons. The molecule has 0 saturated carbocycles. The Bertz CT molecular complexity index is 925. The van der Waals surface area contributed by atoms with Gasteiger partial charge in [-0.25, -0.2) is 18.6 Å². The molecule has 5 N–H and O–H groups in total. The maximum atomic E-state index is 12.3. The number of carbonyl (C=O) groups excluding carboxylic acids is 1. The van der Waals surface area contributed by atoms with Gasteiger partial charge >= 0.3 is 0 Å². The van der Waals surface area contributed by atoms with Crippen LogP contribution < -0.4 is 10.2 Å². The molecular weight excluding hydrogens is 360 g/mol. The monoisotopic (exact) mass is 378 g/mol. The minimum atomic E-state index is -3.76. The number of hydroxylamine groups is 1. The van der Waals surface area contributed by atoms with Gasteiger partial charge in [0, 0.05) is 12.6 Å². The highest BCUT2D eigenvalue weighted by atomic mass is 32.2. The fourth-order valence-electron chi connectivity index (χ4n) is 2.13. The first kappa shape index (κ1) is 19.4. The molecule has 0 saturated heterocycles. The summed E-state index contributed by atoms with van der Waals surface area (Å²) in [5.74, 6) is -1.24. The van der Waals surface area contributed by atoms with Crippen LogP contribution in [0.15, 0.2) is 53.4 Å². The van der Waals surface area contributed by atoms with E-state index in [2.05, 4.69) is 4.72 Å². The Labute approximate surface area is 150 Å². The van der Waals surface area contributed by atoms with Crippen molar-refractivity contribution in [2.45, 2.75) is 11.3 Å². The van der Waals surface area contributed by atoms with Crippen molar-refractivity contribution >= 4 is 22.0 Å². The molecule has 26 heavy (non-hydrogen) atoms. The first-order valence-corrected chi connectivity index (χ1v) is 9.03. The Kier molecular flexibility index (Phi) is 6.34.